The summed E-state index contributed by atoms with van der Waals surface area (Å²) in [5.41, 5.74) is 0.903. The van der Waals surface area contributed by atoms with Crippen molar-refractivity contribution in [2.24, 2.45) is 0 Å². The molecule has 0 aliphatic carbocycles. The molecule has 0 radical (unpaired) electrons. The van der Waals surface area contributed by atoms with Gasteiger partial charge in [-0.25, -0.2) is 9.18 Å². The monoisotopic (exact) mass is 278 g/mol. The van der Waals surface area contributed by atoms with Crippen molar-refractivity contribution in [3.63, 3.8) is 0 Å². The van der Waals surface area contributed by atoms with E-state index in [4.69, 9.17) is 4.74 Å². The minimum Gasteiger partial charge on any atom is -0.444 e. The lowest BCUT2D eigenvalue weighted by Crippen LogP contribution is -2.62. The van der Waals surface area contributed by atoms with Gasteiger partial charge in [-0.3, -0.25) is 0 Å². The lowest BCUT2D eigenvalue weighted by Gasteiger charge is -2.47. The van der Waals surface area contributed by atoms with Crippen molar-refractivity contribution in [2.45, 2.75) is 31.8 Å². The molecule has 2 aliphatic heterocycles. The number of nitrogens with zero attached hydrogens (tertiary/aromatic N) is 1. The van der Waals surface area contributed by atoms with E-state index >= 15 is 0 Å². The summed E-state index contributed by atoms with van der Waals surface area (Å²) in [6.07, 6.45) is -0.298. The van der Waals surface area contributed by atoms with E-state index < -0.39 is 5.60 Å². The Morgan fingerprint density at radius 3 is 2.75 bits per heavy atom. The standard InChI is InChI=1S/C15H19FN2O2/c1-14(2,3)20-13(19)18-8-15(9-18)7-17-12-10(15)5-4-6-11(12)16/h4-6,17H,7-9H2,1-3H3. The fourth-order valence-electron chi connectivity index (χ4n) is 2.92. The molecule has 1 aromatic rings. The SMILES string of the molecule is CC(C)(C)OC(=O)N1CC2(CNc3c(F)cccc32)C1. The Balaban J connectivity index is 1.73. The van der Waals surface area contributed by atoms with Gasteiger partial charge in [-0.05, 0) is 32.4 Å². The molecule has 0 atom stereocenters. The van der Waals surface area contributed by atoms with Gasteiger partial charge in [-0.15, -0.1) is 0 Å². The Kier molecular flexibility index (Phi) is 2.71. The number of halogens is 1. The maximum absolute atomic E-state index is 13.7. The van der Waals surface area contributed by atoms with Crippen LogP contribution in [0.15, 0.2) is 18.2 Å². The van der Waals surface area contributed by atoms with E-state index in [1.807, 2.05) is 26.8 Å². The second kappa shape index (κ2) is 4.11. The third-order valence-corrected chi connectivity index (χ3v) is 3.83. The third kappa shape index (κ3) is 2.01. The van der Waals surface area contributed by atoms with Gasteiger partial charge in [0.15, 0.2) is 0 Å². The Labute approximate surface area is 117 Å². The van der Waals surface area contributed by atoms with Gasteiger partial charge in [-0.2, -0.15) is 0 Å². The molecule has 0 saturated carbocycles. The molecule has 1 spiro atoms. The number of benzene rings is 1. The summed E-state index contributed by atoms with van der Waals surface area (Å²) in [5.74, 6) is -0.227. The Morgan fingerprint density at radius 2 is 2.10 bits per heavy atom. The molecule has 1 amide bonds. The second-order valence-electron chi connectivity index (χ2n) is 6.63. The molecule has 1 aromatic carbocycles. The van der Waals surface area contributed by atoms with Gasteiger partial charge in [0, 0.05) is 19.6 Å². The minimum atomic E-state index is -0.488. The minimum absolute atomic E-state index is 0.158. The molecule has 2 heterocycles. The van der Waals surface area contributed by atoms with Crippen molar-refractivity contribution >= 4 is 11.8 Å². The number of amides is 1. The highest BCUT2D eigenvalue weighted by Crippen LogP contribution is 2.44. The molecule has 1 fully saturated rings. The number of rotatable bonds is 0. The van der Waals surface area contributed by atoms with Crippen LogP contribution in [0.3, 0.4) is 0 Å². The van der Waals surface area contributed by atoms with Crippen molar-refractivity contribution in [1.29, 1.82) is 0 Å². The molecule has 0 unspecified atom stereocenters. The summed E-state index contributed by atoms with van der Waals surface area (Å²) in [6, 6.07) is 5.11. The maximum Gasteiger partial charge on any atom is 0.410 e. The molecule has 4 nitrogen and oxygen atoms in total. The van der Waals surface area contributed by atoms with Crippen molar-refractivity contribution in [3.8, 4) is 0 Å². The third-order valence-electron chi connectivity index (χ3n) is 3.83. The zero-order valence-electron chi connectivity index (χ0n) is 12.0. The van der Waals surface area contributed by atoms with Crippen LogP contribution in [-0.2, 0) is 10.2 Å². The van der Waals surface area contributed by atoms with Crippen molar-refractivity contribution in [1.82, 2.24) is 4.90 Å². The summed E-state index contributed by atoms with van der Waals surface area (Å²) >= 11 is 0. The van der Waals surface area contributed by atoms with Gasteiger partial charge in [0.05, 0.1) is 11.1 Å². The van der Waals surface area contributed by atoms with Crippen molar-refractivity contribution in [2.75, 3.05) is 25.0 Å². The van der Waals surface area contributed by atoms with E-state index in [9.17, 15) is 9.18 Å². The second-order valence-corrected chi connectivity index (χ2v) is 6.63. The van der Waals surface area contributed by atoms with Gasteiger partial charge < -0.3 is 15.0 Å². The molecule has 0 aromatic heterocycles. The zero-order chi connectivity index (χ0) is 14.5. The van der Waals surface area contributed by atoms with Gasteiger partial charge >= 0.3 is 6.09 Å². The van der Waals surface area contributed by atoms with Crippen LogP contribution in [0.2, 0.25) is 0 Å². The summed E-state index contributed by atoms with van der Waals surface area (Å²) in [7, 11) is 0. The molecule has 108 valence electrons. The fourth-order valence-corrected chi connectivity index (χ4v) is 2.92. The first-order valence-corrected chi connectivity index (χ1v) is 6.82. The molecule has 1 saturated heterocycles. The van der Waals surface area contributed by atoms with Crippen LogP contribution >= 0.6 is 0 Å². The largest absolute Gasteiger partial charge is 0.444 e. The number of anilines is 1. The maximum atomic E-state index is 13.7. The summed E-state index contributed by atoms with van der Waals surface area (Å²) in [4.78, 5) is 13.6. The van der Waals surface area contributed by atoms with E-state index in [0.717, 1.165) is 5.56 Å². The smallest absolute Gasteiger partial charge is 0.410 e. The number of carbonyl (C=O) groups excluding carboxylic acids is 1. The van der Waals surface area contributed by atoms with E-state index in [0.29, 0.717) is 25.3 Å². The van der Waals surface area contributed by atoms with E-state index in [2.05, 4.69) is 5.32 Å². The van der Waals surface area contributed by atoms with Crippen molar-refractivity contribution < 1.29 is 13.9 Å². The lowest BCUT2D eigenvalue weighted by molar-refractivity contribution is -0.00628. The van der Waals surface area contributed by atoms with Crippen LogP contribution < -0.4 is 5.32 Å². The first-order chi connectivity index (χ1) is 9.31. The highest BCUT2D eigenvalue weighted by Gasteiger charge is 2.51. The van der Waals surface area contributed by atoms with E-state index in [-0.39, 0.29) is 17.3 Å². The van der Waals surface area contributed by atoms with Gasteiger partial charge in [0.2, 0.25) is 0 Å². The highest BCUT2D eigenvalue weighted by molar-refractivity contribution is 5.72. The predicted molar refractivity (Wildman–Crippen MR) is 74.4 cm³/mol. The number of fused-ring (bicyclic) bond motifs is 2. The lowest BCUT2D eigenvalue weighted by atomic mass is 9.75. The molecule has 1 N–H and O–H groups in total. The normalized spacial score (nSPS) is 19.3. The van der Waals surface area contributed by atoms with Crippen LogP contribution in [0.4, 0.5) is 14.9 Å². The Morgan fingerprint density at radius 1 is 1.40 bits per heavy atom. The topological polar surface area (TPSA) is 41.6 Å². The Bertz CT molecular complexity index is 559. The van der Waals surface area contributed by atoms with Crippen molar-refractivity contribution in [3.05, 3.63) is 29.6 Å². The number of ether oxygens (including phenoxy) is 1. The average Bonchev–Trinajstić information content (AvgIpc) is 2.65. The zero-order valence-corrected chi connectivity index (χ0v) is 12.0. The first-order valence-electron chi connectivity index (χ1n) is 6.82. The number of hydrogen-bond donors (Lipinski definition) is 1. The number of nitrogens with one attached hydrogen (secondary N) is 1. The average molecular weight is 278 g/mol. The summed E-state index contributed by atoms with van der Waals surface area (Å²) in [6.45, 7) is 7.37. The molecule has 20 heavy (non-hydrogen) atoms. The molecule has 5 heteroatoms. The Hall–Kier alpha value is -1.78. The quantitative estimate of drug-likeness (QED) is 0.793. The number of hydrogen-bond acceptors (Lipinski definition) is 3. The van der Waals surface area contributed by atoms with Crippen LogP contribution in [-0.4, -0.2) is 36.2 Å². The van der Waals surface area contributed by atoms with E-state index in [1.54, 1.807) is 11.0 Å². The van der Waals surface area contributed by atoms with Gasteiger partial charge in [0.25, 0.3) is 0 Å². The first kappa shape index (κ1) is 13.2. The highest BCUT2D eigenvalue weighted by atomic mass is 19.1. The molecular weight excluding hydrogens is 259 g/mol. The number of likely N-dealkylation sites (tertiary alicyclic amines) is 1. The molecule has 3 rings (SSSR count). The number of para-hydroxylation sites is 1. The van der Waals surface area contributed by atoms with Crippen LogP contribution in [0.1, 0.15) is 26.3 Å². The van der Waals surface area contributed by atoms with Crippen LogP contribution in [0, 0.1) is 5.82 Å². The molecular formula is C15H19FN2O2. The summed E-state index contributed by atoms with van der Waals surface area (Å²) in [5, 5.41) is 3.12. The fraction of sp³-hybridized carbons (Fsp3) is 0.533. The van der Waals surface area contributed by atoms with Crippen LogP contribution in [0.25, 0.3) is 0 Å². The predicted octanol–water partition coefficient (Wildman–Crippen LogP) is 2.74. The van der Waals surface area contributed by atoms with Crippen LogP contribution in [0.5, 0.6) is 0 Å². The molecule has 2 aliphatic rings. The summed E-state index contributed by atoms with van der Waals surface area (Å²) < 4.78 is 19.1. The van der Waals surface area contributed by atoms with Gasteiger partial charge in [-0.1, -0.05) is 12.1 Å². The van der Waals surface area contributed by atoms with Gasteiger partial charge in [0.1, 0.15) is 11.4 Å². The van der Waals surface area contributed by atoms with E-state index in [1.165, 1.54) is 6.07 Å². The number of carbonyl (C=O) groups is 1. The molecule has 0 bridgehead atoms.